The molecule has 0 amide bonds. The van der Waals surface area contributed by atoms with E-state index >= 15 is 0 Å². The molecule has 0 spiro atoms. The van der Waals surface area contributed by atoms with Gasteiger partial charge in [0.15, 0.2) is 0 Å². The van der Waals surface area contributed by atoms with E-state index in [-0.39, 0.29) is 6.61 Å². The first kappa shape index (κ1) is 17.8. The molecular weight excluding hydrogens is 252 g/mol. The number of aliphatic hydroxyl groups is 1. The van der Waals surface area contributed by atoms with Crippen LogP contribution in [0.5, 0.6) is 0 Å². The molecule has 110 valence electrons. The Morgan fingerprint density at radius 3 is 2.06 bits per heavy atom. The number of nitrogens with zero attached hydrogens (tertiary/aromatic N) is 1. The van der Waals surface area contributed by atoms with Crippen molar-refractivity contribution >= 4 is 10.2 Å². The maximum absolute atomic E-state index is 11.9. The Hall–Kier alpha value is -0.170. The summed E-state index contributed by atoms with van der Waals surface area (Å²) < 4.78 is 27.7. The highest BCUT2D eigenvalue weighted by atomic mass is 32.2. The molecule has 0 unspecified atom stereocenters. The summed E-state index contributed by atoms with van der Waals surface area (Å²) >= 11 is 0. The van der Waals surface area contributed by atoms with Gasteiger partial charge in [-0.2, -0.15) is 12.7 Å². The molecule has 0 aromatic rings. The number of hydrogen-bond acceptors (Lipinski definition) is 3. The van der Waals surface area contributed by atoms with E-state index in [4.69, 9.17) is 5.11 Å². The zero-order valence-electron chi connectivity index (χ0n) is 12.2. The molecule has 0 aliphatic heterocycles. The van der Waals surface area contributed by atoms with E-state index in [0.717, 1.165) is 0 Å². The molecule has 0 rings (SSSR count). The fourth-order valence-corrected chi connectivity index (χ4v) is 2.96. The zero-order valence-corrected chi connectivity index (χ0v) is 13.0. The van der Waals surface area contributed by atoms with E-state index in [1.807, 2.05) is 0 Å². The van der Waals surface area contributed by atoms with Gasteiger partial charge in [0.25, 0.3) is 10.2 Å². The summed E-state index contributed by atoms with van der Waals surface area (Å²) in [7, 11) is -1.90. The predicted octanol–water partition coefficient (Wildman–Crippen LogP) is 1.06. The van der Waals surface area contributed by atoms with Crippen LogP contribution in [0.25, 0.3) is 0 Å². The van der Waals surface area contributed by atoms with Crippen LogP contribution in [0.3, 0.4) is 0 Å². The SMILES string of the molecule is CC(C)C(CNS(=O)(=O)N(C)CCCO)C(C)C. The summed E-state index contributed by atoms with van der Waals surface area (Å²) in [5.41, 5.74) is 0. The third-order valence-electron chi connectivity index (χ3n) is 3.26. The molecule has 0 saturated carbocycles. The largest absolute Gasteiger partial charge is 0.396 e. The lowest BCUT2D eigenvalue weighted by Gasteiger charge is -2.26. The van der Waals surface area contributed by atoms with Gasteiger partial charge in [0, 0.05) is 26.7 Å². The first-order chi connectivity index (χ1) is 8.22. The van der Waals surface area contributed by atoms with E-state index < -0.39 is 10.2 Å². The highest BCUT2D eigenvalue weighted by molar-refractivity contribution is 7.87. The van der Waals surface area contributed by atoms with Crippen molar-refractivity contribution in [2.75, 3.05) is 26.7 Å². The van der Waals surface area contributed by atoms with E-state index in [1.165, 1.54) is 11.4 Å². The van der Waals surface area contributed by atoms with Crippen LogP contribution in [-0.2, 0) is 10.2 Å². The van der Waals surface area contributed by atoms with Crippen molar-refractivity contribution in [1.82, 2.24) is 9.03 Å². The van der Waals surface area contributed by atoms with Gasteiger partial charge in [0.05, 0.1) is 0 Å². The van der Waals surface area contributed by atoms with Crippen molar-refractivity contribution in [3.63, 3.8) is 0 Å². The molecule has 0 saturated heterocycles. The Bertz CT molecular complexity index is 307. The highest BCUT2D eigenvalue weighted by Gasteiger charge is 2.22. The van der Waals surface area contributed by atoms with Gasteiger partial charge in [-0.1, -0.05) is 27.7 Å². The van der Waals surface area contributed by atoms with Crippen molar-refractivity contribution in [2.24, 2.45) is 17.8 Å². The molecule has 0 fully saturated rings. The molecule has 0 aromatic carbocycles. The smallest absolute Gasteiger partial charge is 0.279 e. The topological polar surface area (TPSA) is 69.6 Å². The van der Waals surface area contributed by atoms with Crippen molar-refractivity contribution < 1.29 is 13.5 Å². The van der Waals surface area contributed by atoms with Crippen LogP contribution in [0.1, 0.15) is 34.1 Å². The van der Waals surface area contributed by atoms with Crippen molar-refractivity contribution in [2.45, 2.75) is 34.1 Å². The third-order valence-corrected chi connectivity index (χ3v) is 4.79. The molecule has 0 atom stereocenters. The molecule has 0 aromatic heterocycles. The van der Waals surface area contributed by atoms with Crippen molar-refractivity contribution in [3.05, 3.63) is 0 Å². The van der Waals surface area contributed by atoms with Gasteiger partial charge >= 0.3 is 0 Å². The summed E-state index contributed by atoms with van der Waals surface area (Å²) in [4.78, 5) is 0. The van der Waals surface area contributed by atoms with E-state index in [1.54, 1.807) is 0 Å². The molecule has 5 nitrogen and oxygen atoms in total. The summed E-state index contributed by atoms with van der Waals surface area (Å²) in [6, 6.07) is 0. The van der Waals surface area contributed by atoms with Crippen LogP contribution < -0.4 is 4.72 Å². The van der Waals surface area contributed by atoms with Crippen molar-refractivity contribution in [1.29, 1.82) is 0 Å². The monoisotopic (exact) mass is 280 g/mol. The summed E-state index contributed by atoms with van der Waals surface area (Å²) in [5, 5.41) is 8.70. The molecule has 2 N–H and O–H groups in total. The quantitative estimate of drug-likeness (QED) is 0.663. The van der Waals surface area contributed by atoms with Crippen LogP contribution in [0.15, 0.2) is 0 Å². The van der Waals surface area contributed by atoms with Crippen molar-refractivity contribution in [3.8, 4) is 0 Å². The summed E-state index contributed by atoms with van der Waals surface area (Å²) in [6.07, 6.45) is 0.454. The Kier molecular flexibility index (Phi) is 8.02. The minimum Gasteiger partial charge on any atom is -0.396 e. The van der Waals surface area contributed by atoms with Gasteiger partial charge in [-0.05, 0) is 24.2 Å². The fraction of sp³-hybridized carbons (Fsp3) is 1.00. The molecule has 0 aliphatic rings. The second kappa shape index (κ2) is 8.09. The normalized spacial score (nSPS) is 13.2. The minimum atomic E-state index is -3.42. The van der Waals surface area contributed by atoms with Crippen LogP contribution in [0.4, 0.5) is 0 Å². The lowest BCUT2D eigenvalue weighted by Crippen LogP contribution is -2.42. The van der Waals surface area contributed by atoms with Crippen LogP contribution in [0.2, 0.25) is 0 Å². The molecule has 0 aliphatic carbocycles. The van der Waals surface area contributed by atoms with Crippen LogP contribution in [0, 0.1) is 17.8 Å². The Morgan fingerprint density at radius 1 is 1.17 bits per heavy atom. The maximum atomic E-state index is 11.9. The first-order valence-electron chi connectivity index (χ1n) is 6.54. The molecular formula is C12H28N2O3S. The second-order valence-corrected chi connectivity index (χ2v) is 7.27. The lowest BCUT2D eigenvalue weighted by molar-refractivity contribution is 0.272. The number of nitrogens with one attached hydrogen (secondary N) is 1. The van der Waals surface area contributed by atoms with E-state index in [2.05, 4.69) is 32.4 Å². The summed E-state index contributed by atoms with van der Waals surface area (Å²) in [5.74, 6) is 1.21. The van der Waals surface area contributed by atoms with Crippen LogP contribution >= 0.6 is 0 Å². The van der Waals surface area contributed by atoms with Crippen LogP contribution in [-0.4, -0.2) is 44.6 Å². The van der Waals surface area contributed by atoms with Gasteiger partial charge < -0.3 is 5.11 Å². The second-order valence-electron chi connectivity index (χ2n) is 5.40. The Balaban J connectivity index is 4.40. The average Bonchev–Trinajstić information content (AvgIpc) is 2.24. The molecule has 0 radical (unpaired) electrons. The Labute approximate surface area is 112 Å². The van der Waals surface area contributed by atoms with Gasteiger partial charge in [-0.15, -0.1) is 0 Å². The Morgan fingerprint density at radius 2 is 1.67 bits per heavy atom. The van der Waals surface area contributed by atoms with E-state index in [9.17, 15) is 8.42 Å². The molecule has 0 bridgehead atoms. The van der Waals surface area contributed by atoms with Gasteiger partial charge in [-0.3, -0.25) is 0 Å². The summed E-state index contributed by atoms with van der Waals surface area (Å²) in [6.45, 7) is 9.22. The average molecular weight is 280 g/mol. The molecule has 6 heteroatoms. The van der Waals surface area contributed by atoms with Gasteiger partial charge in [0.2, 0.25) is 0 Å². The lowest BCUT2D eigenvalue weighted by atomic mass is 9.86. The molecule has 0 heterocycles. The molecule has 18 heavy (non-hydrogen) atoms. The first-order valence-corrected chi connectivity index (χ1v) is 7.98. The third kappa shape index (κ3) is 6.13. The maximum Gasteiger partial charge on any atom is 0.279 e. The number of rotatable bonds is 9. The van der Waals surface area contributed by atoms with Gasteiger partial charge in [-0.25, -0.2) is 4.72 Å². The number of hydrogen-bond donors (Lipinski definition) is 2. The van der Waals surface area contributed by atoms with Gasteiger partial charge in [0.1, 0.15) is 0 Å². The minimum absolute atomic E-state index is 0.000469. The zero-order chi connectivity index (χ0) is 14.3. The predicted molar refractivity (Wildman–Crippen MR) is 74.4 cm³/mol. The standard InChI is InChI=1S/C12H28N2O3S/c1-10(2)12(11(3)4)9-13-18(16,17)14(5)7-6-8-15/h10-13,15H,6-9H2,1-5H3. The highest BCUT2D eigenvalue weighted by Crippen LogP contribution is 2.19. The number of aliphatic hydroxyl groups excluding tert-OH is 1. The fourth-order valence-electron chi connectivity index (χ4n) is 1.97. The van der Waals surface area contributed by atoms with E-state index in [0.29, 0.717) is 37.3 Å².